The molecule has 0 bridgehead atoms. The highest BCUT2D eigenvalue weighted by molar-refractivity contribution is 9.11. The minimum absolute atomic E-state index is 0.410. The van der Waals surface area contributed by atoms with E-state index in [9.17, 15) is 0 Å². The molecule has 19 heavy (non-hydrogen) atoms. The van der Waals surface area contributed by atoms with Gasteiger partial charge in [-0.25, -0.2) is 4.98 Å². The van der Waals surface area contributed by atoms with E-state index in [0.29, 0.717) is 12.0 Å². The maximum absolute atomic E-state index is 5.89. The SMILES string of the molecule is Brc1cc2c(N3C[C@@H]4CCCO[C@@H]4C3)nccc2s1. The van der Waals surface area contributed by atoms with E-state index in [-0.39, 0.29) is 0 Å². The Morgan fingerprint density at radius 2 is 2.37 bits per heavy atom. The number of nitrogens with zero attached hydrogens (tertiary/aromatic N) is 2. The lowest BCUT2D eigenvalue weighted by atomic mass is 9.98. The average Bonchev–Trinajstić information content (AvgIpc) is 2.99. The molecule has 0 saturated carbocycles. The molecule has 2 aliphatic heterocycles. The van der Waals surface area contributed by atoms with Crippen molar-refractivity contribution in [3.63, 3.8) is 0 Å². The fraction of sp³-hybridized carbons (Fsp3) is 0.500. The molecule has 5 heteroatoms. The third-order valence-electron chi connectivity index (χ3n) is 4.13. The van der Waals surface area contributed by atoms with Gasteiger partial charge in [-0.05, 0) is 40.9 Å². The van der Waals surface area contributed by atoms with E-state index in [1.165, 1.54) is 26.7 Å². The highest BCUT2D eigenvalue weighted by Gasteiger charge is 2.36. The Bertz CT molecular complexity index is 601. The van der Waals surface area contributed by atoms with E-state index < -0.39 is 0 Å². The highest BCUT2D eigenvalue weighted by atomic mass is 79.9. The van der Waals surface area contributed by atoms with E-state index in [1.54, 1.807) is 11.3 Å². The predicted molar refractivity (Wildman–Crippen MR) is 82.0 cm³/mol. The second-order valence-electron chi connectivity index (χ2n) is 5.31. The van der Waals surface area contributed by atoms with Gasteiger partial charge in [-0.2, -0.15) is 0 Å². The van der Waals surface area contributed by atoms with Crippen LogP contribution in [0, 0.1) is 5.92 Å². The second-order valence-corrected chi connectivity index (χ2v) is 7.78. The number of hydrogen-bond acceptors (Lipinski definition) is 4. The Morgan fingerprint density at radius 3 is 3.26 bits per heavy atom. The molecule has 2 saturated heterocycles. The topological polar surface area (TPSA) is 25.4 Å². The molecule has 0 aliphatic carbocycles. The van der Waals surface area contributed by atoms with Crippen molar-refractivity contribution in [2.45, 2.75) is 18.9 Å². The van der Waals surface area contributed by atoms with Crippen molar-refractivity contribution < 1.29 is 4.74 Å². The number of pyridine rings is 1. The van der Waals surface area contributed by atoms with Gasteiger partial charge in [0.1, 0.15) is 5.82 Å². The molecule has 0 unspecified atom stereocenters. The lowest BCUT2D eigenvalue weighted by molar-refractivity contribution is 0.00105. The smallest absolute Gasteiger partial charge is 0.137 e. The van der Waals surface area contributed by atoms with Crippen LogP contribution in [-0.2, 0) is 4.74 Å². The number of rotatable bonds is 1. The summed E-state index contributed by atoms with van der Waals surface area (Å²) >= 11 is 5.35. The maximum atomic E-state index is 5.89. The van der Waals surface area contributed by atoms with Crippen LogP contribution in [0.2, 0.25) is 0 Å². The van der Waals surface area contributed by atoms with E-state index in [1.807, 2.05) is 6.20 Å². The first-order chi connectivity index (χ1) is 9.31. The number of fused-ring (bicyclic) bond motifs is 2. The monoisotopic (exact) mass is 338 g/mol. The lowest BCUT2D eigenvalue weighted by Crippen LogP contribution is -2.28. The van der Waals surface area contributed by atoms with Crippen LogP contribution in [0.25, 0.3) is 10.1 Å². The first kappa shape index (κ1) is 12.1. The zero-order valence-electron chi connectivity index (χ0n) is 10.5. The average molecular weight is 339 g/mol. The van der Waals surface area contributed by atoms with Crippen LogP contribution in [0.5, 0.6) is 0 Å². The van der Waals surface area contributed by atoms with Gasteiger partial charge < -0.3 is 9.64 Å². The zero-order valence-corrected chi connectivity index (χ0v) is 12.9. The van der Waals surface area contributed by atoms with Crippen LogP contribution in [0.15, 0.2) is 22.1 Å². The van der Waals surface area contributed by atoms with Gasteiger partial charge in [0.25, 0.3) is 0 Å². The summed E-state index contributed by atoms with van der Waals surface area (Å²) < 4.78 is 8.36. The van der Waals surface area contributed by atoms with Crippen molar-refractivity contribution in [2.75, 3.05) is 24.6 Å². The first-order valence-corrected chi connectivity index (χ1v) is 8.33. The van der Waals surface area contributed by atoms with Crippen molar-refractivity contribution >= 4 is 43.2 Å². The molecule has 0 spiro atoms. The molecular formula is C14H15BrN2OS. The fourth-order valence-electron chi connectivity index (χ4n) is 3.23. The number of ether oxygens (including phenoxy) is 1. The van der Waals surface area contributed by atoms with Crippen LogP contribution in [0.4, 0.5) is 5.82 Å². The van der Waals surface area contributed by atoms with Crippen molar-refractivity contribution in [3.05, 3.63) is 22.1 Å². The number of aromatic nitrogens is 1. The van der Waals surface area contributed by atoms with E-state index in [2.05, 4.69) is 37.9 Å². The summed E-state index contributed by atoms with van der Waals surface area (Å²) in [5.41, 5.74) is 0. The van der Waals surface area contributed by atoms with E-state index in [4.69, 9.17) is 4.74 Å². The third-order valence-corrected chi connectivity index (χ3v) is 5.73. The molecule has 0 N–H and O–H groups in total. The minimum Gasteiger partial charge on any atom is -0.376 e. The Hall–Kier alpha value is -0.650. The molecule has 4 rings (SSSR count). The van der Waals surface area contributed by atoms with Crippen LogP contribution in [0.3, 0.4) is 0 Å². The molecule has 4 heterocycles. The summed E-state index contributed by atoms with van der Waals surface area (Å²) in [6.07, 6.45) is 4.83. The largest absolute Gasteiger partial charge is 0.376 e. The Kier molecular flexibility index (Phi) is 3.01. The second kappa shape index (κ2) is 4.72. The molecule has 2 aliphatic rings. The number of anilines is 1. The van der Waals surface area contributed by atoms with E-state index in [0.717, 1.165) is 25.5 Å². The van der Waals surface area contributed by atoms with Gasteiger partial charge in [-0.3, -0.25) is 0 Å². The third kappa shape index (κ3) is 2.08. The molecule has 2 atom stereocenters. The molecule has 100 valence electrons. The fourth-order valence-corrected chi connectivity index (χ4v) is 4.76. The molecule has 3 nitrogen and oxygen atoms in total. The van der Waals surface area contributed by atoms with Gasteiger partial charge in [0.15, 0.2) is 0 Å². The van der Waals surface area contributed by atoms with Gasteiger partial charge in [-0.1, -0.05) is 0 Å². The summed E-state index contributed by atoms with van der Waals surface area (Å²) in [6.45, 7) is 3.01. The summed E-state index contributed by atoms with van der Waals surface area (Å²) in [7, 11) is 0. The molecule has 0 amide bonds. The Labute approximate surface area is 124 Å². The van der Waals surface area contributed by atoms with Gasteiger partial charge >= 0.3 is 0 Å². The quantitative estimate of drug-likeness (QED) is 0.793. The first-order valence-electron chi connectivity index (χ1n) is 6.72. The van der Waals surface area contributed by atoms with Crippen molar-refractivity contribution in [2.24, 2.45) is 5.92 Å². The Balaban J connectivity index is 1.71. The summed E-state index contributed by atoms with van der Waals surface area (Å²) in [4.78, 5) is 7.02. The normalized spacial score (nSPS) is 26.9. The molecule has 0 aromatic carbocycles. The van der Waals surface area contributed by atoms with E-state index >= 15 is 0 Å². The van der Waals surface area contributed by atoms with Gasteiger partial charge in [-0.15, -0.1) is 11.3 Å². The molecule has 2 aromatic rings. The molecule has 2 fully saturated rings. The number of thiophene rings is 1. The van der Waals surface area contributed by atoms with Crippen LogP contribution < -0.4 is 4.90 Å². The van der Waals surface area contributed by atoms with Crippen LogP contribution in [0.1, 0.15) is 12.8 Å². The van der Waals surface area contributed by atoms with Gasteiger partial charge in [0.05, 0.1) is 9.89 Å². The highest BCUT2D eigenvalue weighted by Crippen LogP contribution is 2.37. The zero-order chi connectivity index (χ0) is 12.8. The van der Waals surface area contributed by atoms with Crippen LogP contribution >= 0.6 is 27.3 Å². The van der Waals surface area contributed by atoms with Gasteiger partial charge in [0, 0.05) is 41.9 Å². The maximum Gasteiger partial charge on any atom is 0.137 e. The number of hydrogen-bond donors (Lipinski definition) is 0. The van der Waals surface area contributed by atoms with Crippen LogP contribution in [-0.4, -0.2) is 30.8 Å². The standard InChI is InChI=1S/C14H15BrN2OS/c15-13-6-10-12(19-13)3-4-16-14(10)17-7-9-2-1-5-18-11(9)8-17/h3-4,6,9,11H,1-2,5,7-8H2/t9-,11+/m0/s1. The van der Waals surface area contributed by atoms with Crippen molar-refractivity contribution in [1.29, 1.82) is 0 Å². The number of halogens is 1. The summed E-state index contributed by atoms with van der Waals surface area (Å²) in [5, 5.41) is 1.26. The summed E-state index contributed by atoms with van der Waals surface area (Å²) in [6, 6.07) is 4.28. The lowest BCUT2D eigenvalue weighted by Gasteiger charge is -2.23. The Morgan fingerprint density at radius 1 is 1.42 bits per heavy atom. The van der Waals surface area contributed by atoms with Gasteiger partial charge in [0.2, 0.25) is 0 Å². The molecule has 2 aromatic heterocycles. The van der Waals surface area contributed by atoms with Crippen molar-refractivity contribution in [1.82, 2.24) is 4.98 Å². The molecule has 0 radical (unpaired) electrons. The summed E-state index contributed by atoms with van der Waals surface area (Å²) in [5.74, 6) is 1.81. The minimum atomic E-state index is 0.410. The molecular weight excluding hydrogens is 324 g/mol. The predicted octanol–water partition coefficient (Wildman–Crippen LogP) is 3.67. The van der Waals surface area contributed by atoms with Crippen molar-refractivity contribution in [3.8, 4) is 0 Å².